The molecule has 3 aromatic rings. The predicted octanol–water partition coefficient (Wildman–Crippen LogP) is 5.19. The molecule has 0 saturated carbocycles. The van der Waals surface area contributed by atoms with Gasteiger partial charge in [-0.2, -0.15) is 0 Å². The number of fused-ring (bicyclic) bond motifs is 1. The zero-order valence-electron chi connectivity index (χ0n) is 21.0. The Morgan fingerprint density at radius 3 is 2.29 bits per heavy atom. The van der Waals surface area contributed by atoms with Crippen molar-refractivity contribution < 1.29 is 13.9 Å². The molecule has 182 valence electrons. The lowest BCUT2D eigenvalue weighted by atomic mass is 9.85. The summed E-state index contributed by atoms with van der Waals surface area (Å²) in [5, 5.41) is 0.825. The Hall–Kier alpha value is -2.99. The van der Waals surface area contributed by atoms with Crippen LogP contribution in [-0.2, 0) is 0 Å². The van der Waals surface area contributed by atoms with Crippen LogP contribution in [0.25, 0.3) is 11.0 Å². The first-order valence-corrected chi connectivity index (χ1v) is 12.1. The minimum atomic E-state index is -0.362. The molecule has 1 aromatic heterocycles. The van der Waals surface area contributed by atoms with Crippen LogP contribution in [0.3, 0.4) is 0 Å². The number of rotatable bonds is 8. The Morgan fingerprint density at radius 2 is 1.68 bits per heavy atom. The maximum absolute atomic E-state index is 12.5. The van der Waals surface area contributed by atoms with Crippen molar-refractivity contribution in [2.45, 2.75) is 38.5 Å². The maximum atomic E-state index is 12.5. The molecule has 0 N–H and O–H groups in total. The fraction of sp³-hybridized carbons (Fsp3) is 0.464. The van der Waals surface area contributed by atoms with Gasteiger partial charge < -0.3 is 23.7 Å². The van der Waals surface area contributed by atoms with Crippen LogP contribution in [0.15, 0.2) is 45.6 Å². The van der Waals surface area contributed by atoms with Gasteiger partial charge in [0.1, 0.15) is 17.1 Å². The van der Waals surface area contributed by atoms with Gasteiger partial charge >= 0.3 is 5.63 Å². The first-order valence-electron chi connectivity index (χ1n) is 12.1. The Morgan fingerprint density at radius 1 is 1.00 bits per heavy atom. The molecule has 1 atom stereocenters. The number of aryl methyl sites for hydroxylation is 1. The molecular weight excluding hydrogens is 428 g/mol. The van der Waals surface area contributed by atoms with E-state index in [0.29, 0.717) is 17.1 Å². The highest BCUT2D eigenvalue weighted by Crippen LogP contribution is 2.44. The summed E-state index contributed by atoms with van der Waals surface area (Å²) in [4.78, 5) is 17.1. The zero-order chi connectivity index (χ0) is 24.2. The van der Waals surface area contributed by atoms with Crippen molar-refractivity contribution >= 4 is 16.7 Å². The standard InChI is InChI=1S/C28H36N2O4/c1-19-17-25(31)34-28-26(19)23(32-4)18-24(33-5)27(28)22(13-16-30-14-7-6-8-15-30)20-9-11-21(12-10-20)29(2)3/h9-12,17-18,22H,6-8,13-16H2,1-5H3/t22-/m1/s1. The van der Waals surface area contributed by atoms with E-state index in [1.165, 1.54) is 30.9 Å². The summed E-state index contributed by atoms with van der Waals surface area (Å²) in [7, 11) is 7.38. The molecule has 1 fully saturated rings. The Balaban J connectivity index is 1.88. The van der Waals surface area contributed by atoms with Gasteiger partial charge in [0.15, 0.2) is 0 Å². The first kappa shape index (κ1) is 24.1. The number of ether oxygens (including phenoxy) is 2. The van der Waals surface area contributed by atoms with E-state index in [9.17, 15) is 4.79 Å². The molecule has 1 aliphatic heterocycles. The van der Waals surface area contributed by atoms with Crippen molar-refractivity contribution in [3.63, 3.8) is 0 Å². The molecule has 4 rings (SSSR count). The molecule has 34 heavy (non-hydrogen) atoms. The smallest absolute Gasteiger partial charge is 0.336 e. The normalized spacial score (nSPS) is 15.3. The molecule has 0 amide bonds. The highest BCUT2D eigenvalue weighted by molar-refractivity contribution is 5.92. The first-order chi connectivity index (χ1) is 16.4. The minimum Gasteiger partial charge on any atom is -0.496 e. The lowest BCUT2D eigenvalue weighted by molar-refractivity contribution is 0.223. The monoisotopic (exact) mass is 464 g/mol. The Kier molecular flexibility index (Phi) is 7.47. The van der Waals surface area contributed by atoms with Gasteiger partial charge in [-0.15, -0.1) is 0 Å². The van der Waals surface area contributed by atoms with E-state index in [0.717, 1.165) is 48.3 Å². The van der Waals surface area contributed by atoms with Crippen molar-refractivity contribution in [1.29, 1.82) is 0 Å². The molecule has 2 heterocycles. The minimum absolute atomic E-state index is 0.00597. The molecular formula is C28H36N2O4. The van der Waals surface area contributed by atoms with Gasteiger partial charge in [-0.05, 0) is 69.1 Å². The fourth-order valence-corrected chi connectivity index (χ4v) is 5.12. The lowest BCUT2D eigenvalue weighted by Crippen LogP contribution is -2.31. The van der Waals surface area contributed by atoms with Crippen molar-refractivity contribution in [2.24, 2.45) is 0 Å². The molecule has 0 spiro atoms. The van der Waals surface area contributed by atoms with Crippen LogP contribution in [0.4, 0.5) is 5.69 Å². The average Bonchev–Trinajstić information content (AvgIpc) is 2.84. The largest absolute Gasteiger partial charge is 0.496 e. The number of likely N-dealkylation sites (tertiary alicyclic amines) is 1. The topological polar surface area (TPSA) is 55.2 Å². The van der Waals surface area contributed by atoms with Crippen LogP contribution in [0.1, 0.15) is 48.3 Å². The second kappa shape index (κ2) is 10.5. The molecule has 0 unspecified atom stereocenters. The third-order valence-corrected chi connectivity index (χ3v) is 6.96. The Bertz CT molecular complexity index is 1180. The van der Waals surface area contributed by atoms with Gasteiger partial charge in [-0.3, -0.25) is 0 Å². The van der Waals surface area contributed by atoms with Crippen LogP contribution in [-0.4, -0.2) is 52.8 Å². The quantitative estimate of drug-likeness (QED) is 0.428. The van der Waals surface area contributed by atoms with Crippen LogP contribution in [0.5, 0.6) is 11.5 Å². The van der Waals surface area contributed by atoms with E-state index >= 15 is 0 Å². The van der Waals surface area contributed by atoms with E-state index in [-0.39, 0.29) is 11.5 Å². The molecule has 1 aliphatic rings. The number of hydrogen-bond donors (Lipinski definition) is 0. The predicted molar refractivity (Wildman–Crippen MR) is 138 cm³/mol. The summed E-state index contributed by atoms with van der Waals surface area (Å²) in [5.74, 6) is 1.33. The van der Waals surface area contributed by atoms with Gasteiger partial charge in [0.05, 0.1) is 19.6 Å². The van der Waals surface area contributed by atoms with Crippen LogP contribution in [0, 0.1) is 6.92 Å². The van der Waals surface area contributed by atoms with Crippen molar-refractivity contribution in [1.82, 2.24) is 4.90 Å². The number of nitrogens with zero attached hydrogens (tertiary/aromatic N) is 2. The molecule has 1 saturated heterocycles. The lowest BCUT2D eigenvalue weighted by Gasteiger charge is -2.29. The van der Waals surface area contributed by atoms with Gasteiger partial charge in [-0.1, -0.05) is 18.6 Å². The highest BCUT2D eigenvalue weighted by atomic mass is 16.5. The maximum Gasteiger partial charge on any atom is 0.336 e. The summed E-state index contributed by atoms with van der Waals surface area (Å²) in [6.45, 7) is 5.18. The number of anilines is 1. The number of piperidine rings is 1. The van der Waals surface area contributed by atoms with Gasteiger partial charge in [0.25, 0.3) is 0 Å². The van der Waals surface area contributed by atoms with Crippen LogP contribution >= 0.6 is 0 Å². The van der Waals surface area contributed by atoms with E-state index in [4.69, 9.17) is 13.9 Å². The van der Waals surface area contributed by atoms with Gasteiger partial charge in [-0.25, -0.2) is 4.79 Å². The van der Waals surface area contributed by atoms with E-state index in [1.807, 2.05) is 27.1 Å². The molecule has 6 heteroatoms. The van der Waals surface area contributed by atoms with E-state index in [2.05, 4.69) is 34.1 Å². The molecule has 0 bridgehead atoms. The summed E-state index contributed by atoms with van der Waals surface area (Å²) in [6.07, 6.45) is 4.72. The van der Waals surface area contributed by atoms with Gasteiger partial charge in [0.2, 0.25) is 0 Å². The van der Waals surface area contributed by atoms with Crippen molar-refractivity contribution in [3.8, 4) is 11.5 Å². The molecule has 6 nitrogen and oxygen atoms in total. The SMILES string of the molecule is COc1cc(OC)c2c(C)cc(=O)oc2c1[C@H](CCN1CCCCC1)c1ccc(N(C)C)cc1. The Labute approximate surface area is 202 Å². The number of benzene rings is 2. The summed E-state index contributed by atoms with van der Waals surface area (Å²) in [6, 6.07) is 12.1. The molecule has 0 radical (unpaired) electrons. The third kappa shape index (κ3) is 4.92. The summed E-state index contributed by atoms with van der Waals surface area (Å²) >= 11 is 0. The molecule has 2 aromatic carbocycles. The van der Waals surface area contributed by atoms with Crippen molar-refractivity contribution in [3.05, 3.63) is 63.5 Å². The van der Waals surface area contributed by atoms with Gasteiger partial charge in [0, 0.05) is 43.4 Å². The van der Waals surface area contributed by atoms with Crippen molar-refractivity contribution in [2.75, 3.05) is 52.8 Å². The highest BCUT2D eigenvalue weighted by Gasteiger charge is 2.27. The fourth-order valence-electron chi connectivity index (χ4n) is 5.12. The summed E-state index contributed by atoms with van der Waals surface area (Å²) < 4.78 is 17.4. The van der Waals surface area contributed by atoms with E-state index < -0.39 is 0 Å². The van der Waals surface area contributed by atoms with E-state index in [1.54, 1.807) is 14.2 Å². The number of hydrogen-bond acceptors (Lipinski definition) is 6. The zero-order valence-corrected chi connectivity index (χ0v) is 21.0. The van der Waals surface area contributed by atoms with Crippen LogP contribution in [0.2, 0.25) is 0 Å². The summed E-state index contributed by atoms with van der Waals surface area (Å²) in [5.41, 5.74) is 4.27. The van der Waals surface area contributed by atoms with Crippen LogP contribution < -0.4 is 20.0 Å². The third-order valence-electron chi connectivity index (χ3n) is 6.96. The average molecular weight is 465 g/mol. The second-order valence-corrected chi connectivity index (χ2v) is 9.38. The second-order valence-electron chi connectivity index (χ2n) is 9.38. The number of methoxy groups -OCH3 is 2. The molecule has 0 aliphatic carbocycles.